The third-order valence-corrected chi connectivity index (χ3v) is 4.51. The van der Waals surface area contributed by atoms with Crippen molar-refractivity contribution < 1.29 is 23.9 Å². The fourth-order valence-corrected chi connectivity index (χ4v) is 2.96. The number of ether oxygens (including phenoxy) is 2. The van der Waals surface area contributed by atoms with E-state index >= 15 is 0 Å². The molecule has 0 bridgehead atoms. The van der Waals surface area contributed by atoms with Gasteiger partial charge >= 0.3 is 6.03 Å². The second-order valence-corrected chi connectivity index (χ2v) is 6.36. The number of Topliss-reactive ketones (excluding diaryl/α,β-unsaturated/α-hetero) is 1. The molecule has 2 heterocycles. The molecule has 1 aromatic rings. The van der Waals surface area contributed by atoms with Crippen LogP contribution in [-0.2, 0) is 9.53 Å². The van der Waals surface area contributed by atoms with Crippen LogP contribution in [0.3, 0.4) is 0 Å². The molecule has 2 aliphatic heterocycles. The Balaban J connectivity index is 1.62. The van der Waals surface area contributed by atoms with Crippen LogP contribution in [0.2, 0.25) is 0 Å². The van der Waals surface area contributed by atoms with Crippen LogP contribution in [0.4, 0.5) is 4.79 Å². The topological polar surface area (TPSA) is 84.9 Å². The first-order valence-electron chi connectivity index (χ1n) is 8.54. The summed E-state index contributed by atoms with van der Waals surface area (Å²) in [6.07, 6.45) is 2.46. The van der Waals surface area contributed by atoms with Crippen molar-refractivity contribution in [1.29, 1.82) is 0 Å². The summed E-state index contributed by atoms with van der Waals surface area (Å²) >= 11 is 0. The SMILES string of the molecule is CCCCOc1ccc(C(=O)CN2C(=O)N[C@@]3(CCOC3)C2=O)cc1. The number of amides is 3. The highest BCUT2D eigenvalue weighted by Crippen LogP contribution is 2.27. The molecule has 3 rings (SSSR count). The number of carbonyl (C=O) groups excluding carboxylic acids is 3. The largest absolute Gasteiger partial charge is 0.494 e. The average Bonchev–Trinajstić information content (AvgIpc) is 3.17. The molecular weight excluding hydrogens is 324 g/mol. The molecule has 2 saturated heterocycles. The van der Waals surface area contributed by atoms with E-state index in [9.17, 15) is 14.4 Å². The molecule has 0 unspecified atom stereocenters. The lowest BCUT2D eigenvalue weighted by atomic mass is 9.99. The quantitative estimate of drug-likeness (QED) is 0.462. The zero-order valence-corrected chi connectivity index (χ0v) is 14.2. The van der Waals surface area contributed by atoms with Gasteiger partial charge in [0.15, 0.2) is 5.78 Å². The van der Waals surface area contributed by atoms with Gasteiger partial charge < -0.3 is 14.8 Å². The summed E-state index contributed by atoms with van der Waals surface area (Å²) in [5.41, 5.74) is -0.555. The first-order chi connectivity index (χ1) is 12.1. The predicted molar refractivity (Wildman–Crippen MR) is 89.6 cm³/mol. The minimum Gasteiger partial charge on any atom is -0.494 e. The number of carbonyl (C=O) groups is 3. The number of imide groups is 1. The van der Waals surface area contributed by atoms with Crippen LogP contribution >= 0.6 is 0 Å². The predicted octanol–water partition coefficient (Wildman–Crippen LogP) is 1.76. The van der Waals surface area contributed by atoms with Crippen LogP contribution in [-0.4, -0.2) is 54.5 Å². The molecule has 0 radical (unpaired) electrons. The van der Waals surface area contributed by atoms with Crippen LogP contribution in [0.5, 0.6) is 5.75 Å². The van der Waals surface area contributed by atoms with Crippen molar-refractivity contribution in [3.63, 3.8) is 0 Å². The van der Waals surface area contributed by atoms with Gasteiger partial charge in [-0.15, -0.1) is 0 Å². The minimum absolute atomic E-state index is 0.159. The average molecular weight is 346 g/mol. The molecular formula is C18H22N2O5. The Bertz CT molecular complexity index is 665. The molecule has 0 saturated carbocycles. The first kappa shape index (κ1) is 17.4. The van der Waals surface area contributed by atoms with Crippen molar-refractivity contribution in [1.82, 2.24) is 10.2 Å². The lowest BCUT2D eigenvalue weighted by Gasteiger charge is -2.18. The van der Waals surface area contributed by atoms with E-state index in [0.717, 1.165) is 17.7 Å². The van der Waals surface area contributed by atoms with E-state index in [4.69, 9.17) is 9.47 Å². The molecule has 25 heavy (non-hydrogen) atoms. The van der Waals surface area contributed by atoms with Crippen molar-refractivity contribution in [2.45, 2.75) is 31.7 Å². The van der Waals surface area contributed by atoms with Crippen molar-refractivity contribution in [2.24, 2.45) is 0 Å². The molecule has 0 aromatic heterocycles. The van der Waals surface area contributed by atoms with Gasteiger partial charge in [-0.1, -0.05) is 13.3 Å². The number of rotatable bonds is 7. The summed E-state index contributed by atoms with van der Waals surface area (Å²) in [6.45, 7) is 3.03. The number of urea groups is 1. The second-order valence-electron chi connectivity index (χ2n) is 6.36. The third-order valence-electron chi connectivity index (χ3n) is 4.51. The summed E-state index contributed by atoms with van der Waals surface area (Å²) in [5, 5.41) is 2.66. The smallest absolute Gasteiger partial charge is 0.325 e. The second kappa shape index (κ2) is 7.23. The van der Waals surface area contributed by atoms with Gasteiger partial charge in [-0.2, -0.15) is 0 Å². The highest BCUT2D eigenvalue weighted by Gasteiger charge is 2.53. The summed E-state index contributed by atoms with van der Waals surface area (Å²) < 4.78 is 10.8. The van der Waals surface area contributed by atoms with Crippen molar-refractivity contribution in [3.05, 3.63) is 29.8 Å². The maximum atomic E-state index is 12.5. The molecule has 134 valence electrons. The van der Waals surface area contributed by atoms with Gasteiger partial charge in [-0.05, 0) is 30.7 Å². The van der Waals surface area contributed by atoms with Gasteiger partial charge in [0.2, 0.25) is 0 Å². The zero-order chi connectivity index (χ0) is 17.9. The Morgan fingerprint density at radius 3 is 2.72 bits per heavy atom. The van der Waals surface area contributed by atoms with E-state index in [0.29, 0.717) is 30.9 Å². The van der Waals surface area contributed by atoms with E-state index in [1.807, 2.05) is 0 Å². The Morgan fingerprint density at radius 2 is 2.08 bits per heavy atom. The molecule has 1 atom stereocenters. The zero-order valence-electron chi connectivity index (χ0n) is 14.2. The molecule has 0 aliphatic carbocycles. The van der Waals surface area contributed by atoms with E-state index in [2.05, 4.69) is 12.2 Å². The molecule has 1 aromatic carbocycles. The van der Waals surface area contributed by atoms with Crippen molar-refractivity contribution in [2.75, 3.05) is 26.4 Å². The highest BCUT2D eigenvalue weighted by atomic mass is 16.5. The number of hydrogen-bond acceptors (Lipinski definition) is 5. The summed E-state index contributed by atoms with van der Waals surface area (Å²) in [5.74, 6) is 0.0180. The van der Waals surface area contributed by atoms with Gasteiger partial charge in [0.05, 0.1) is 19.8 Å². The van der Waals surface area contributed by atoms with E-state index in [-0.39, 0.29) is 24.8 Å². The maximum absolute atomic E-state index is 12.5. The minimum atomic E-state index is -0.992. The molecule has 3 amide bonds. The molecule has 1 spiro atoms. The Hall–Kier alpha value is -2.41. The monoisotopic (exact) mass is 346 g/mol. The van der Waals surface area contributed by atoms with Crippen LogP contribution in [0.1, 0.15) is 36.5 Å². The number of benzene rings is 1. The van der Waals surface area contributed by atoms with Crippen LogP contribution in [0, 0.1) is 0 Å². The third kappa shape index (κ3) is 3.51. The van der Waals surface area contributed by atoms with Crippen LogP contribution in [0.25, 0.3) is 0 Å². The Kier molecular flexibility index (Phi) is 5.03. The molecule has 2 fully saturated rings. The van der Waals surface area contributed by atoms with Gasteiger partial charge in [-0.25, -0.2) is 4.79 Å². The Morgan fingerprint density at radius 1 is 1.32 bits per heavy atom. The van der Waals surface area contributed by atoms with Crippen LogP contribution < -0.4 is 10.1 Å². The number of nitrogens with one attached hydrogen (secondary N) is 1. The maximum Gasteiger partial charge on any atom is 0.325 e. The fourth-order valence-electron chi connectivity index (χ4n) is 2.96. The van der Waals surface area contributed by atoms with E-state index < -0.39 is 11.6 Å². The fraction of sp³-hybridized carbons (Fsp3) is 0.500. The first-order valence-corrected chi connectivity index (χ1v) is 8.54. The van der Waals surface area contributed by atoms with Gasteiger partial charge in [0.25, 0.3) is 5.91 Å². The highest BCUT2D eigenvalue weighted by molar-refractivity contribution is 6.11. The summed E-state index contributed by atoms with van der Waals surface area (Å²) in [6, 6.07) is 6.21. The van der Waals surface area contributed by atoms with E-state index in [1.54, 1.807) is 24.3 Å². The van der Waals surface area contributed by atoms with Gasteiger partial charge in [0, 0.05) is 18.6 Å². The summed E-state index contributed by atoms with van der Waals surface area (Å²) in [4.78, 5) is 38.0. The standard InChI is InChI=1S/C18H22N2O5/c1-2-3-9-25-14-6-4-13(5-7-14)15(21)11-20-16(22)18(19-17(20)23)8-10-24-12-18/h4-7H,2-3,8-12H2,1H3,(H,19,23)/t18-/m1/s1. The molecule has 7 heteroatoms. The number of hydrogen-bond donors (Lipinski definition) is 1. The number of nitrogens with zero attached hydrogens (tertiary/aromatic N) is 1. The van der Waals surface area contributed by atoms with Crippen molar-refractivity contribution >= 4 is 17.7 Å². The number of ketones is 1. The van der Waals surface area contributed by atoms with E-state index in [1.165, 1.54) is 0 Å². The molecule has 2 aliphatic rings. The normalized spacial score (nSPS) is 22.5. The van der Waals surface area contributed by atoms with Gasteiger partial charge in [-0.3, -0.25) is 14.5 Å². The van der Waals surface area contributed by atoms with Gasteiger partial charge in [0.1, 0.15) is 11.3 Å². The summed E-state index contributed by atoms with van der Waals surface area (Å²) in [7, 11) is 0. The number of unbranched alkanes of at least 4 members (excludes halogenated alkanes) is 1. The van der Waals surface area contributed by atoms with Crippen molar-refractivity contribution in [3.8, 4) is 5.75 Å². The Labute approximate surface area is 146 Å². The molecule has 1 N–H and O–H groups in total. The lowest BCUT2D eigenvalue weighted by Crippen LogP contribution is -2.47. The lowest BCUT2D eigenvalue weighted by molar-refractivity contribution is -0.131. The molecule has 7 nitrogen and oxygen atoms in total. The van der Waals surface area contributed by atoms with Crippen LogP contribution in [0.15, 0.2) is 24.3 Å².